The number of carbonyl (C=O) groups is 2. The number of alkyl carbamates (subject to hydrolysis) is 1. The van der Waals surface area contributed by atoms with Crippen molar-refractivity contribution in [1.82, 2.24) is 10.3 Å². The summed E-state index contributed by atoms with van der Waals surface area (Å²) in [5.41, 5.74) is 0.889. The van der Waals surface area contributed by atoms with Crippen LogP contribution in [0.25, 0.3) is 0 Å². The van der Waals surface area contributed by atoms with E-state index in [2.05, 4.69) is 20.9 Å². The van der Waals surface area contributed by atoms with E-state index in [0.717, 1.165) is 31.2 Å². The topological polar surface area (TPSA) is 102 Å². The van der Waals surface area contributed by atoms with Crippen molar-refractivity contribution in [3.05, 3.63) is 53.6 Å². The molecule has 1 saturated carbocycles. The quantitative estimate of drug-likeness (QED) is 0.520. The van der Waals surface area contributed by atoms with Gasteiger partial charge in [-0.3, -0.25) is 0 Å². The Kier molecular flexibility index (Phi) is 8.14. The minimum atomic E-state index is -0.549. The second kappa shape index (κ2) is 11.0. The SMILES string of the molecule is COC(=O)c1ccc(N[C@@H]2CCCCC2NC(=O)OC(C)(C)C)nc1NCc1ccccc1. The van der Waals surface area contributed by atoms with Gasteiger partial charge in [0.1, 0.15) is 22.8 Å². The molecular weight excluding hydrogens is 420 g/mol. The summed E-state index contributed by atoms with van der Waals surface area (Å²) in [4.78, 5) is 29.2. The molecule has 33 heavy (non-hydrogen) atoms. The summed E-state index contributed by atoms with van der Waals surface area (Å²) < 4.78 is 10.4. The normalized spacial score (nSPS) is 18.2. The number of hydrogen-bond acceptors (Lipinski definition) is 7. The average Bonchev–Trinajstić information content (AvgIpc) is 2.78. The van der Waals surface area contributed by atoms with Gasteiger partial charge in [-0.1, -0.05) is 43.2 Å². The number of anilines is 2. The molecule has 3 rings (SSSR count). The van der Waals surface area contributed by atoms with Gasteiger partial charge in [0.25, 0.3) is 0 Å². The van der Waals surface area contributed by atoms with Crippen LogP contribution < -0.4 is 16.0 Å². The largest absolute Gasteiger partial charge is 0.465 e. The smallest absolute Gasteiger partial charge is 0.407 e. The van der Waals surface area contributed by atoms with Crippen LogP contribution in [0.4, 0.5) is 16.4 Å². The number of amides is 1. The molecule has 1 aliphatic carbocycles. The van der Waals surface area contributed by atoms with Crippen LogP contribution >= 0.6 is 0 Å². The maximum Gasteiger partial charge on any atom is 0.407 e. The lowest BCUT2D eigenvalue weighted by molar-refractivity contribution is 0.0487. The van der Waals surface area contributed by atoms with Crippen molar-refractivity contribution in [2.24, 2.45) is 0 Å². The van der Waals surface area contributed by atoms with Crippen molar-refractivity contribution in [2.45, 2.75) is 70.7 Å². The molecule has 1 heterocycles. The van der Waals surface area contributed by atoms with Crippen LogP contribution in [-0.2, 0) is 16.0 Å². The van der Waals surface area contributed by atoms with Crippen LogP contribution in [-0.4, -0.2) is 41.8 Å². The fourth-order valence-corrected chi connectivity index (χ4v) is 3.86. The van der Waals surface area contributed by atoms with Crippen LogP contribution in [0.15, 0.2) is 42.5 Å². The first-order valence-corrected chi connectivity index (χ1v) is 11.4. The molecule has 0 radical (unpaired) electrons. The van der Waals surface area contributed by atoms with E-state index in [-0.39, 0.29) is 12.1 Å². The number of benzene rings is 1. The van der Waals surface area contributed by atoms with Crippen LogP contribution in [0.5, 0.6) is 0 Å². The lowest BCUT2D eigenvalue weighted by Crippen LogP contribution is -2.49. The van der Waals surface area contributed by atoms with E-state index >= 15 is 0 Å². The van der Waals surface area contributed by atoms with Gasteiger partial charge in [-0.25, -0.2) is 14.6 Å². The van der Waals surface area contributed by atoms with Gasteiger partial charge in [-0.2, -0.15) is 0 Å². The molecule has 1 aliphatic rings. The molecule has 2 atom stereocenters. The van der Waals surface area contributed by atoms with Gasteiger partial charge in [0.05, 0.1) is 13.2 Å². The highest BCUT2D eigenvalue weighted by Gasteiger charge is 2.29. The first-order chi connectivity index (χ1) is 15.7. The van der Waals surface area contributed by atoms with E-state index < -0.39 is 17.7 Å². The number of hydrogen-bond donors (Lipinski definition) is 3. The van der Waals surface area contributed by atoms with E-state index in [1.165, 1.54) is 7.11 Å². The molecule has 1 aromatic heterocycles. The van der Waals surface area contributed by atoms with Gasteiger partial charge in [0.15, 0.2) is 0 Å². The molecular formula is C25H34N4O4. The van der Waals surface area contributed by atoms with Crippen molar-refractivity contribution >= 4 is 23.7 Å². The summed E-state index contributed by atoms with van der Waals surface area (Å²) in [6, 6.07) is 13.3. The number of esters is 1. The van der Waals surface area contributed by atoms with Gasteiger partial charge >= 0.3 is 12.1 Å². The number of carbonyl (C=O) groups excluding carboxylic acids is 2. The van der Waals surface area contributed by atoms with Gasteiger partial charge in [0, 0.05) is 12.6 Å². The fourth-order valence-electron chi connectivity index (χ4n) is 3.86. The Labute approximate surface area is 195 Å². The molecule has 2 aromatic rings. The molecule has 1 aromatic carbocycles. The fraction of sp³-hybridized carbons (Fsp3) is 0.480. The number of nitrogens with one attached hydrogen (secondary N) is 3. The Morgan fingerprint density at radius 1 is 1.03 bits per heavy atom. The van der Waals surface area contributed by atoms with E-state index in [9.17, 15) is 9.59 Å². The van der Waals surface area contributed by atoms with Gasteiger partial charge in [0.2, 0.25) is 0 Å². The van der Waals surface area contributed by atoms with Crippen LogP contribution in [0.2, 0.25) is 0 Å². The number of rotatable bonds is 7. The van der Waals surface area contributed by atoms with Gasteiger partial charge in [-0.15, -0.1) is 0 Å². The van der Waals surface area contributed by atoms with E-state index in [1.807, 2.05) is 51.1 Å². The first kappa shape index (κ1) is 24.4. The zero-order valence-corrected chi connectivity index (χ0v) is 19.8. The highest BCUT2D eigenvalue weighted by molar-refractivity contribution is 5.94. The Morgan fingerprint density at radius 3 is 2.39 bits per heavy atom. The standard InChI is InChI=1S/C25H34N4O4/c1-25(2,3)33-24(31)28-20-13-9-8-12-19(20)27-21-15-14-18(23(30)32-4)22(29-21)26-16-17-10-6-5-7-11-17/h5-7,10-11,14-15,19-20H,8-9,12-13,16H2,1-4H3,(H,28,31)(H2,26,27,29)/t19-,20?/m1/s1. The molecule has 0 bridgehead atoms. The number of ether oxygens (including phenoxy) is 2. The molecule has 0 aliphatic heterocycles. The molecule has 0 saturated heterocycles. The third-order valence-electron chi connectivity index (χ3n) is 5.40. The lowest BCUT2D eigenvalue weighted by atomic mass is 9.90. The predicted molar refractivity (Wildman–Crippen MR) is 128 cm³/mol. The zero-order valence-electron chi connectivity index (χ0n) is 19.8. The second-order valence-electron chi connectivity index (χ2n) is 9.21. The van der Waals surface area contributed by atoms with Crippen molar-refractivity contribution < 1.29 is 19.1 Å². The van der Waals surface area contributed by atoms with Crippen molar-refractivity contribution in [3.8, 4) is 0 Å². The van der Waals surface area contributed by atoms with Gasteiger partial charge < -0.3 is 25.4 Å². The van der Waals surface area contributed by atoms with Crippen LogP contribution in [0.3, 0.4) is 0 Å². The number of methoxy groups -OCH3 is 1. The summed E-state index contributed by atoms with van der Waals surface area (Å²) in [5.74, 6) is 0.621. The summed E-state index contributed by atoms with van der Waals surface area (Å²) in [5, 5.41) is 9.70. The monoisotopic (exact) mass is 454 g/mol. The molecule has 1 fully saturated rings. The Balaban J connectivity index is 1.74. The third kappa shape index (κ3) is 7.37. The Hall–Kier alpha value is -3.29. The zero-order chi connectivity index (χ0) is 23.8. The lowest BCUT2D eigenvalue weighted by Gasteiger charge is -2.33. The number of pyridine rings is 1. The van der Waals surface area contributed by atoms with Gasteiger partial charge in [-0.05, 0) is 51.3 Å². The predicted octanol–water partition coefficient (Wildman–Crippen LogP) is 4.73. The molecule has 1 unspecified atom stereocenters. The van der Waals surface area contributed by atoms with Crippen molar-refractivity contribution in [1.29, 1.82) is 0 Å². The van der Waals surface area contributed by atoms with Crippen LogP contribution in [0.1, 0.15) is 62.4 Å². The summed E-state index contributed by atoms with van der Waals surface area (Å²) in [7, 11) is 1.35. The van der Waals surface area contributed by atoms with E-state index in [0.29, 0.717) is 23.7 Å². The van der Waals surface area contributed by atoms with Crippen LogP contribution in [0, 0.1) is 0 Å². The minimum absolute atomic E-state index is 0.00437. The van der Waals surface area contributed by atoms with Crippen molar-refractivity contribution in [2.75, 3.05) is 17.7 Å². The summed E-state index contributed by atoms with van der Waals surface area (Å²) in [6.45, 7) is 6.06. The summed E-state index contributed by atoms with van der Waals surface area (Å²) >= 11 is 0. The Bertz CT molecular complexity index is 943. The van der Waals surface area contributed by atoms with E-state index in [4.69, 9.17) is 9.47 Å². The first-order valence-electron chi connectivity index (χ1n) is 11.4. The maximum absolute atomic E-state index is 12.3. The minimum Gasteiger partial charge on any atom is -0.465 e. The third-order valence-corrected chi connectivity index (χ3v) is 5.40. The highest BCUT2D eigenvalue weighted by atomic mass is 16.6. The maximum atomic E-state index is 12.3. The number of aromatic nitrogens is 1. The second-order valence-corrected chi connectivity index (χ2v) is 9.21. The molecule has 178 valence electrons. The van der Waals surface area contributed by atoms with Crippen molar-refractivity contribution in [3.63, 3.8) is 0 Å². The molecule has 0 spiro atoms. The number of nitrogens with zero attached hydrogens (tertiary/aromatic N) is 1. The van der Waals surface area contributed by atoms with E-state index in [1.54, 1.807) is 12.1 Å². The highest BCUT2D eigenvalue weighted by Crippen LogP contribution is 2.24. The molecule has 3 N–H and O–H groups in total. The molecule has 1 amide bonds. The molecule has 8 nitrogen and oxygen atoms in total. The summed E-state index contributed by atoms with van der Waals surface area (Å²) in [6.07, 6.45) is 3.44. The average molecular weight is 455 g/mol. The Morgan fingerprint density at radius 2 is 1.73 bits per heavy atom. The molecule has 8 heteroatoms.